The highest BCUT2D eigenvalue weighted by atomic mass is 35.5. The van der Waals surface area contributed by atoms with Gasteiger partial charge >= 0.3 is 5.97 Å². The number of ether oxygens (including phenoxy) is 2. The standard InChI is InChI=1S/C17H18ClN3O5/c1-25-14-4-3-12(18)8-13(14)21-9-11(7-16(21)23)17(24)26-10-15(22)20-6-2-5-19/h3-4,8,11H,2,6-7,9-10H2,1H3,(H,20,22)/t11-/m1/s1. The number of hydrogen-bond acceptors (Lipinski definition) is 6. The highest BCUT2D eigenvalue weighted by molar-refractivity contribution is 6.31. The highest BCUT2D eigenvalue weighted by Gasteiger charge is 2.37. The normalized spacial score (nSPS) is 16.1. The van der Waals surface area contributed by atoms with Gasteiger partial charge in [0.25, 0.3) is 5.91 Å². The lowest BCUT2D eigenvalue weighted by Gasteiger charge is -2.19. The zero-order chi connectivity index (χ0) is 19.1. The van der Waals surface area contributed by atoms with Gasteiger partial charge in [-0.2, -0.15) is 5.26 Å². The Morgan fingerprint density at radius 3 is 2.92 bits per heavy atom. The van der Waals surface area contributed by atoms with Crippen molar-refractivity contribution in [2.24, 2.45) is 5.92 Å². The summed E-state index contributed by atoms with van der Waals surface area (Å²) in [4.78, 5) is 37.3. The number of carbonyl (C=O) groups excluding carboxylic acids is 3. The first-order valence-electron chi connectivity index (χ1n) is 7.90. The molecule has 0 aliphatic carbocycles. The third-order valence-electron chi connectivity index (χ3n) is 3.79. The molecule has 1 aromatic rings. The van der Waals surface area contributed by atoms with Crippen molar-refractivity contribution in [3.63, 3.8) is 0 Å². The Morgan fingerprint density at radius 2 is 2.23 bits per heavy atom. The fourth-order valence-electron chi connectivity index (χ4n) is 2.54. The Balaban J connectivity index is 1.95. The number of rotatable bonds is 7. The van der Waals surface area contributed by atoms with Gasteiger partial charge in [-0.15, -0.1) is 0 Å². The van der Waals surface area contributed by atoms with Crippen LogP contribution < -0.4 is 15.0 Å². The smallest absolute Gasteiger partial charge is 0.311 e. The van der Waals surface area contributed by atoms with E-state index in [2.05, 4.69) is 5.32 Å². The second kappa shape index (κ2) is 9.06. The maximum absolute atomic E-state index is 12.3. The zero-order valence-corrected chi connectivity index (χ0v) is 14.9. The topological polar surface area (TPSA) is 109 Å². The van der Waals surface area contributed by atoms with Crippen molar-refractivity contribution in [3.8, 4) is 11.8 Å². The van der Waals surface area contributed by atoms with Gasteiger partial charge in [-0.3, -0.25) is 14.4 Å². The molecule has 8 nitrogen and oxygen atoms in total. The SMILES string of the molecule is COc1ccc(Cl)cc1N1C[C@H](C(=O)OCC(=O)NCCC#N)CC1=O. The molecule has 0 unspecified atom stereocenters. The van der Waals surface area contributed by atoms with E-state index >= 15 is 0 Å². The van der Waals surface area contributed by atoms with Crippen LogP contribution in [-0.4, -0.2) is 44.6 Å². The van der Waals surface area contributed by atoms with Gasteiger partial charge in [0.15, 0.2) is 6.61 Å². The van der Waals surface area contributed by atoms with Gasteiger partial charge in [0.2, 0.25) is 5.91 Å². The van der Waals surface area contributed by atoms with Crippen molar-refractivity contribution in [3.05, 3.63) is 23.2 Å². The maximum atomic E-state index is 12.3. The number of carbonyl (C=O) groups is 3. The lowest BCUT2D eigenvalue weighted by Crippen LogP contribution is -2.31. The maximum Gasteiger partial charge on any atom is 0.311 e. The predicted molar refractivity (Wildman–Crippen MR) is 92.7 cm³/mol. The summed E-state index contributed by atoms with van der Waals surface area (Å²) in [5.41, 5.74) is 0.481. The predicted octanol–water partition coefficient (Wildman–Crippen LogP) is 1.27. The summed E-state index contributed by atoms with van der Waals surface area (Å²) in [5.74, 6) is -1.60. The quantitative estimate of drug-likeness (QED) is 0.564. The Kier molecular flexibility index (Phi) is 6.81. The third kappa shape index (κ3) is 4.86. The molecule has 1 aliphatic heterocycles. The van der Waals surface area contributed by atoms with Crippen LogP contribution in [0, 0.1) is 17.2 Å². The van der Waals surface area contributed by atoms with Gasteiger partial charge in [-0.25, -0.2) is 0 Å². The van der Waals surface area contributed by atoms with Gasteiger partial charge in [0.1, 0.15) is 5.75 Å². The Hall–Kier alpha value is -2.79. The van der Waals surface area contributed by atoms with E-state index in [9.17, 15) is 14.4 Å². The van der Waals surface area contributed by atoms with E-state index in [0.717, 1.165) is 0 Å². The fourth-order valence-corrected chi connectivity index (χ4v) is 2.70. The molecule has 0 saturated carbocycles. The average molecular weight is 380 g/mol. The first-order chi connectivity index (χ1) is 12.5. The van der Waals surface area contributed by atoms with Crippen molar-refractivity contribution < 1.29 is 23.9 Å². The number of esters is 1. The second-order valence-electron chi connectivity index (χ2n) is 5.59. The molecule has 0 radical (unpaired) electrons. The van der Waals surface area contributed by atoms with Crippen LogP contribution in [0.15, 0.2) is 18.2 Å². The molecule has 0 spiro atoms. The third-order valence-corrected chi connectivity index (χ3v) is 4.03. The van der Waals surface area contributed by atoms with Gasteiger partial charge in [-0.1, -0.05) is 11.6 Å². The molecule has 2 amide bonds. The molecule has 1 aromatic carbocycles. The number of nitriles is 1. The molecule has 1 atom stereocenters. The zero-order valence-electron chi connectivity index (χ0n) is 14.2. The first-order valence-corrected chi connectivity index (χ1v) is 8.28. The van der Waals surface area contributed by atoms with Crippen molar-refractivity contribution in [2.45, 2.75) is 12.8 Å². The van der Waals surface area contributed by atoms with Crippen LogP contribution in [0.4, 0.5) is 5.69 Å². The lowest BCUT2D eigenvalue weighted by molar-refractivity contribution is -0.152. The second-order valence-corrected chi connectivity index (χ2v) is 6.02. The van der Waals surface area contributed by atoms with E-state index in [1.807, 2.05) is 6.07 Å². The van der Waals surface area contributed by atoms with Gasteiger partial charge in [0, 0.05) is 24.5 Å². The number of amides is 2. The number of methoxy groups -OCH3 is 1. The van der Waals surface area contributed by atoms with E-state index in [1.165, 1.54) is 12.0 Å². The van der Waals surface area contributed by atoms with Crippen molar-refractivity contribution in [1.29, 1.82) is 5.26 Å². The van der Waals surface area contributed by atoms with Gasteiger partial charge in [0.05, 0.1) is 31.2 Å². The summed E-state index contributed by atoms with van der Waals surface area (Å²) in [5, 5.41) is 11.3. The van der Waals surface area contributed by atoms with Crippen LogP contribution in [0.5, 0.6) is 5.75 Å². The van der Waals surface area contributed by atoms with Gasteiger partial charge < -0.3 is 19.7 Å². The largest absolute Gasteiger partial charge is 0.495 e. The molecule has 1 heterocycles. The van der Waals surface area contributed by atoms with E-state index in [4.69, 9.17) is 26.3 Å². The van der Waals surface area contributed by atoms with Crippen LogP contribution in [-0.2, 0) is 19.1 Å². The number of anilines is 1. The van der Waals surface area contributed by atoms with E-state index in [-0.39, 0.29) is 31.8 Å². The summed E-state index contributed by atoms with van der Waals surface area (Å²) >= 11 is 5.99. The molecule has 1 aliphatic rings. The van der Waals surface area contributed by atoms with Crippen LogP contribution in [0.1, 0.15) is 12.8 Å². The van der Waals surface area contributed by atoms with E-state index in [0.29, 0.717) is 16.5 Å². The van der Waals surface area contributed by atoms with Crippen LogP contribution in [0.3, 0.4) is 0 Å². The average Bonchev–Trinajstić information content (AvgIpc) is 3.01. The summed E-state index contributed by atoms with van der Waals surface area (Å²) in [6, 6.07) is 6.76. The van der Waals surface area contributed by atoms with E-state index < -0.39 is 24.4 Å². The molecule has 0 bridgehead atoms. The number of nitrogens with zero attached hydrogens (tertiary/aromatic N) is 2. The molecule has 2 rings (SSSR count). The molecule has 1 N–H and O–H groups in total. The van der Waals surface area contributed by atoms with E-state index in [1.54, 1.807) is 18.2 Å². The minimum atomic E-state index is -0.682. The Bertz CT molecular complexity index is 746. The van der Waals surface area contributed by atoms with Crippen molar-refractivity contribution in [1.82, 2.24) is 5.32 Å². The fraction of sp³-hybridized carbons (Fsp3) is 0.412. The number of hydrogen-bond donors (Lipinski definition) is 1. The molecule has 138 valence electrons. The monoisotopic (exact) mass is 379 g/mol. The highest BCUT2D eigenvalue weighted by Crippen LogP contribution is 2.35. The Morgan fingerprint density at radius 1 is 1.46 bits per heavy atom. The van der Waals surface area contributed by atoms with Gasteiger partial charge in [-0.05, 0) is 18.2 Å². The lowest BCUT2D eigenvalue weighted by atomic mass is 10.1. The molecular weight excluding hydrogens is 362 g/mol. The van der Waals surface area contributed by atoms with Crippen LogP contribution in [0.2, 0.25) is 5.02 Å². The summed E-state index contributed by atoms with van der Waals surface area (Å²) in [6.07, 6.45) is 0.151. The number of nitrogens with one attached hydrogen (secondary N) is 1. The van der Waals surface area contributed by atoms with Crippen LogP contribution >= 0.6 is 11.6 Å². The molecule has 0 aromatic heterocycles. The molecule has 9 heteroatoms. The molecular formula is C17H18ClN3O5. The first kappa shape index (κ1) is 19.5. The minimum Gasteiger partial charge on any atom is -0.495 e. The minimum absolute atomic E-state index is 0.0233. The summed E-state index contributed by atoms with van der Waals surface area (Å²) in [7, 11) is 1.48. The Labute approximate surface area is 155 Å². The van der Waals surface area contributed by atoms with Crippen molar-refractivity contribution in [2.75, 3.05) is 31.7 Å². The number of benzene rings is 1. The number of halogens is 1. The summed E-state index contributed by atoms with van der Waals surface area (Å²) < 4.78 is 10.2. The molecule has 1 saturated heterocycles. The summed E-state index contributed by atoms with van der Waals surface area (Å²) in [6.45, 7) is -0.142. The molecule has 26 heavy (non-hydrogen) atoms. The van der Waals surface area contributed by atoms with Crippen molar-refractivity contribution >= 4 is 35.1 Å². The molecule has 1 fully saturated rings. The van der Waals surface area contributed by atoms with Crippen LogP contribution in [0.25, 0.3) is 0 Å².